The Hall–Kier alpha value is -4.31. The third-order valence-corrected chi connectivity index (χ3v) is 6.15. The molecule has 9 nitrogen and oxygen atoms in total. The van der Waals surface area contributed by atoms with Crippen molar-refractivity contribution < 1.29 is 19.4 Å². The van der Waals surface area contributed by atoms with E-state index in [0.717, 1.165) is 6.54 Å². The van der Waals surface area contributed by atoms with Crippen molar-refractivity contribution in [3.63, 3.8) is 0 Å². The number of benzene rings is 2. The lowest BCUT2D eigenvalue weighted by Crippen LogP contribution is -2.59. The SMILES string of the molecule is C1=Cc2ccccc2NC1.CC.CC.CC1CN(C(=O)c2ccccn2)CC(C)N1C(=O)c1ccc(N)cc1.O=S=O.[HH]. The van der Waals surface area contributed by atoms with E-state index in [-0.39, 0.29) is 25.3 Å². The number of carbonyl (C=O) groups excluding carboxylic acids is 2. The molecule has 2 aliphatic heterocycles. The Bertz CT molecular complexity index is 1290. The molecule has 0 bridgehead atoms. The monoisotopic (exact) mass is 595 g/mol. The first-order valence-electron chi connectivity index (χ1n) is 14.2. The van der Waals surface area contributed by atoms with Gasteiger partial charge in [-0.2, -0.15) is 8.42 Å². The quantitative estimate of drug-likeness (QED) is 0.359. The molecular formula is C32H45N5O4S. The van der Waals surface area contributed by atoms with Crippen molar-refractivity contribution in [1.29, 1.82) is 0 Å². The van der Waals surface area contributed by atoms with E-state index in [1.165, 1.54) is 11.3 Å². The highest BCUT2D eigenvalue weighted by atomic mass is 32.1. The van der Waals surface area contributed by atoms with E-state index in [9.17, 15) is 9.59 Å². The van der Waals surface area contributed by atoms with Crippen molar-refractivity contribution in [2.24, 2.45) is 0 Å². The summed E-state index contributed by atoms with van der Waals surface area (Å²) in [6.45, 7) is 13.9. The van der Waals surface area contributed by atoms with E-state index in [4.69, 9.17) is 14.2 Å². The van der Waals surface area contributed by atoms with Gasteiger partial charge in [-0.1, -0.05) is 64.1 Å². The smallest absolute Gasteiger partial charge is 0.335 e. The molecular weight excluding hydrogens is 550 g/mol. The standard InChI is InChI=1S/C19H22N4O2.C9H9N.2C2H6.O2S.H2/c1-13-11-22(19(25)17-5-3-4-10-21-17)12-14(2)23(13)18(24)15-6-8-16(20)9-7-15;1-2-6-9-8(4-1)5-3-7-10-9;2*1-2;1-3-2;/h3-10,13-14H,11-12,20H2,1-2H3;1-6,10H,7H2;2*1-2H3;;1H. The first kappa shape index (κ1) is 35.7. The zero-order chi connectivity index (χ0) is 31.5. The third-order valence-electron chi connectivity index (χ3n) is 6.15. The van der Waals surface area contributed by atoms with E-state index >= 15 is 0 Å². The summed E-state index contributed by atoms with van der Waals surface area (Å²) in [6.07, 6.45) is 5.88. The minimum absolute atomic E-state index is 0. The van der Waals surface area contributed by atoms with Gasteiger partial charge in [-0.05, 0) is 61.9 Å². The fraction of sp³-hybridized carbons (Fsp3) is 0.344. The molecule has 10 heteroatoms. The average molecular weight is 596 g/mol. The normalized spacial score (nSPS) is 16.0. The predicted molar refractivity (Wildman–Crippen MR) is 174 cm³/mol. The van der Waals surface area contributed by atoms with Gasteiger partial charge in [0.15, 0.2) is 0 Å². The zero-order valence-electron chi connectivity index (χ0n) is 25.3. The number of nitrogen functional groups attached to an aromatic ring is 1. The molecule has 5 rings (SSSR count). The van der Waals surface area contributed by atoms with Gasteiger partial charge in [-0.25, -0.2) is 0 Å². The molecule has 2 unspecified atom stereocenters. The number of nitrogens with zero attached hydrogens (tertiary/aromatic N) is 3. The summed E-state index contributed by atoms with van der Waals surface area (Å²) in [6, 6.07) is 20.4. The maximum Gasteiger partial charge on any atom is 0.335 e. The second kappa shape index (κ2) is 19.7. The van der Waals surface area contributed by atoms with Crippen LogP contribution in [0.2, 0.25) is 0 Å². The molecule has 0 radical (unpaired) electrons. The molecule has 3 N–H and O–H groups in total. The van der Waals surface area contributed by atoms with Crippen molar-refractivity contribution in [2.45, 2.75) is 53.6 Å². The molecule has 228 valence electrons. The van der Waals surface area contributed by atoms with Crippen LogP contribution in [-0.4, -0.2) is 66.7 Å². The molecule has 0 aliphatic carbocycles. The molecule has 0 saturated carbocycles. The summed E-state index contributed by atoms with van der Waals surface area (Å²) >= 11 is -0.750. The van der Waals surface area contributed by atoms with Crippen LogP contribution in [0.3, 0.4) is 0 Å². The number of aromatic nitrogens is 1. The topological polar surface area (TPSA) is 126 Å². The molecule has 42 heavy (non-hydrogen) atoms. The van der Waals surface area contributed by atoms with Crippen molar-refractivity contribution in [3.8, 4) is 0 Å². The highest BCUT2D eigenvalue weighted by Crippen LogP contribution is 2.21. The molecule has 3 heterocycles. The van der Waals surface area contributed by atoms with Crippen molar-refractivity contribution in [3.05, 3.63) is 95.8 Å². The number of pyridine rings is 1. The van der Waals surface area contributed by atoms with Gasteiger partial charge in [0.05, 0.1) is 0 Å². The minimum atomic E-state index is -0.750. The van der Waals surface area contributed by atoms with Crippen molar-refractivity contribution in [1.82, 2.24) is 14.8 Å². The number of fused-ring (bicyclic) bond motifs is 1. The lowest BCUT2D eigenvalue weighted by molar-refractivity contribution is 0.0252. The predicted octanol–water partition coefficient (Wildman–Crippen LogP) is 5.79. The summed E-state index contributed by atoms with van der Waals surface area (Å²) < 4.78 is 16.6. The van der Waals surface area contributed by atoms with Crippen LogP contribution in [-0.2, 0) is 11.6 Å². The molecule has 3 aromatic rings. The number of amides is 2. The molecule has 0 spiro atoms. The first-order chi connectivity index (χ1) is 20.3. The highest BCUT2D eigenvalue weighted by molar-refractivity contribution is 7.51. The number of rotatable bonds is 2. The summed E-state index contributed by atoms with van der Waals surface area (Å²) in [5.41, 5.74) is 9.89. The second-order valence-corrected chi connectivity index (χ2v) is 9.03. The Kier molecular flexibility index (Phi) is 16.8. The Balaban J connectivity index is 0.000000811. The van der Waals surface area contributed by atoms with Crippen LogP contribution < -0.4 is 11.1 Å². The van der Waals surface area contributed by atoms with Gasteiger partial charge in [-0.3, -0.25) is 14.6 Å². The largest absolute Gasteiger partial charge is 0.399 e. The number of nitrogens with one attached hydrogen (secondary N) is 1. The Morgan fingerprint density at radius 1 is 0.881 bits per heavy atom. The number of hydrogen-bond donors (Lipinski definition) is 2. The second-order valence-electron chi connectivity index (χ2n) is 8.90. The van der Waals surface area contributed by atoms with Crippen LogP contribution in [0, 0.1) is 0 Å². The molecule has 1 saturated heterocycles. The van der Waals surface area contributed by atoms with Gasteiger partial charge < -0.3 is 20.9 Å². The number of hydrogen-bond acceptors (Lipinski definition) is 7. The molecule has 2 amide bonds. The fourth-order valence-electron chi connectivity index (χ4n) is 4.47. The average Bonchev–Trinajstić information content (AvgIpc) is 3.04. The van der Waals surface area contributed by atoms with Crippen LogP contribution in [0.15, 0.2) is 79.0 Å². The van der Waals surface area contributed by atoms with Gasteiger partial charge in [0.1, 0.15) is 5.69 Å². The summed E-state index contributed by atoms with van der Waals surface area (Å²) in [4.78, 5) is 33.2. The maximum absolute atomic E-state index is 12.8. The van der Waals surface area contributed by atoms with E-state index < -0.39 is 11.6 Å². The zero-order valence-corrected chi connectivity index (χ0v) is 26.1. The number of anilines is 2. The van der Waals surface area contributed by atoms with E-state index in [2.05, 4.69) is 40.7 Å². The summed E-state index contributed by atoms with van der Waals surface area (Å²) in [5.74, 6) is -0.135. The minimum Gasteiger partial charge on any atom is -0.399 e. The van der Waals surface area contributed by atoms with Gasteiger partial charge >= 0.3 is 11.6 Å². The van der Waals surface area contributed by atoms with Crippen molar-refractivity contribution >= 4 is 40.8 Å². The third kappa shape index (κ3) is 10.6. The molecule has 2 atom stereocenters. The van der Waals surface area contributed by atoms with E-state index in [1.807, 2.05) is 52.5 Å². The Morgan fingerprint density at radius 2 is 1.45 bits per heavy atom. The summed E-state index contributed by atoms with van der Waals surface area (Å²) in [5, 5.41) is 3.28. The van der Waals surface area contributed by atoms with Gasteiger partial charge in [0.25, 0.3) is 11.8 Å². The van der Waals surface area contributed by atoms with Crippen LogP contribution in [0.1, 0.15) is 69.4 Å². The van der Waals surface area contributed by atoms with E-state index in [1.54, 1.807) is 53.6 Å². The Labute approximate surface area is 254 Å². The van der Waals surface area contributed by atoms with Gasteiger partial charge in [-0.15, -0.1) is 0 Å². The van der Waals surface area contributed by atoms with Crippen LogP contribution in [0.5, 0.6) is 0 Å². The number of para-hydroxylation sites is 1. The van der Waals surface area contributed by atoms with Crippen LogP contribution in [0.4, 0.5) is 11.4 Å². The Morgan fingerprint density at radius 3 is 2.00 bits per heavy atom. The number of carbonyl (C=O) groups is 2. The maximum atomic E-state index is 12.8. The lowest BCUT2D eigenvalue weighted by atomic mass is 10.0. The molecule has 1 aromatic heterocycles. The molecule has 2 aromatic carbocycles. The first-order valence-corrected chi connectivity index (χ1v) is 14.8. The summed E-state index contributed by atoms with van der Waals surface area (Å²) in [7, 11) is 0. The lowest BCUT2D eigenvalue weighted by Gasteiger charge is -2.44. The van der Waals surface area contributed by atoms with Gasteiger partial charge in [0.2, 0.25) is 0 Å². The van der Waals surface area contributed by atoms with Crippen LogP contribution >= 0.6 is 0 Å². The highest BCUT2D eigenvalue weighted by Gasteiger charge is 2.35. The van der Waals surface area contributed by atoms with Crippen LogP contribution in [0.25, 0.3) is 6.08 Å². The van der Waals surface area contributed by atoms with Gasteiger partial charge in [0, 0.05) is 56.3 Å². The number of piperazine rings is 1. The molecule has 1 fully saturated rings. The van der Waals surface area contributed by atoms with E-state index in [0.29, 0.717) is 30.0 Å². The van der Waals surface area contributed by atoms with Crippen molar-refractivity contribution in [2.75, 3.05) is 30.7 Å². The fourth-order valence-corrected chi connectivity index (χ4v) is 4.47. The molecule has 2 aliphatic rings. The number of nitrogens with two attached hydrogens (primary N) is 1.